The van der Waals surface area contributed by atoms with Crippen LogP contribution >= 0.6 is 0 Å². The van der Waals surface area contributed by atoms with Gasteiger partial charge in [0.15, 0.2) is 6.10 Å². The van der Waals surface area contributed by atoms with Gasteiger partial charge in [-0.3, -0.25) is 14.4 Å². The molecule has 0 saturated carbocycles. The Labute approximate surface area is 484 Å². The summed E-state index contributed by atoms with van der Waals surface area (Å²) in [5.74, 6) is -0.923. The van der Waals surface area contributed by atoms with Crippen molar-refractivity contribution in [3.63, 3.8) is 0 Å². The molecule has 0 rings (SSSR count). The van der Waals surface area contributed by atoms with Crippen molar-refractivity contribution in [2.45, 2.75) is 354 Å². The van der Waals surface area contributed by atoms with E-state index in [-0.39, 0.29) is 31.1 Å². The Morgan fingerprint density at radius 1 is 0.269 bits per heavy atom. The quantitative estimate of drug-likeness (QED) is 0.0261. The zero-order valence-corrected chi connectivity index (χ0v) is 51.9. The third-order valence-corrected chi connectivity index (χ3v) is 14.9. The normalized spacial score (nSPS) is 12.5. The molecule has 6 heteroatoms. The summed E-state index contributed by atoms with van der Waals surface area (Å²) in [6.45, 7) is 6.52. The van der Waals surface area contributed by atoms with Crippen molar-refractivity contribution in [3.8, 4) is 0 Å². The lowest BCUT2D eigenvalue weighted by Gasteiger charge is -2.18. The van der Waals surface area contributed by atoms with Crippen LogP contribution in [0, 0.1) is 0 Å². The molecule has 0 spiro atoms. The average molecular weight is 1090 g/mol. The molecule has 78 heavy (non-hydrogen) atoms. The van der Waals surface area contributed by atoms with Gasteiger partial charge in [0.25, 0.3) is 0 Å². The first-order valence-electron chi connectivity index (χ1n) is 33.9. The minimum absolute atomic E-state index is 0.0891. The maximum atomic E-state index is 12.9. The van der Waals surface area contributed by atoms with Crippen LogP contribution < -0.4 is 0 Å². The van der Waals surface area contributed by atoms with E-state index in [4.69, 9.17) is 14.2 Å². The van der Waals surface area contributed by atoms with Crippen LogP contribution in [0.2, 0.25) is 0 Å². The van der Waals surface area contributed by atoms with Gasteiger partial charge in [0.2, 0.25) is 0 Å². The molecule has 0 aliphatic carbocycles. The van der Waals surface area contributed by atoms with Gasteiger partial charge in [-0.1, -0.05) is 312 Å². The Kier molecular flexibility index (Phi) is 63.7. The molecule has 1 unspecified atom stereocenters. The predicted octanol–water partition coefficient (Wildman–Crippen LogP) is 23.3. The van der Waals surface area contributed by atoms with Crippen molar-refractivity contribution >= 4 is 17.9 Å². The molecule has 0 radical (unpaired) electrons. The number of rotatable bonds is 62. The monoisotopic (exact) mass is 1090 g/mol. The van der Waals surface area contributed by atoms with E-state index < -0.39 is 6.10 Å². The summed E-state index contributed by atoms with van der Waals surface area (Å²) < 4.78 is 16.9. The van der Waals surface area contributed by atoms with Crippen molar-refractivity contribution in [2.75, 3.05) is 13.2 Å². The molecule has 1 atom stereocenters. The van der Waals surface area contributed by atoms with E-state index in [0.29, 0.717) is 19.3 Å². The van der Waals surface area contributed by atoms with Gasteiger partial charge in [0.1, 0.15) is 13.2 Å². The molecule has 0 aliphatic heterocycles. The van der Waals surface area contributed by atoms with Gasteiger partial charge in [0.05, 0.1) is 0 Å². The minimum Gasteiger partial charge on any atom is -0.462 e. The molecule has 0 aromatic carbocycles. The van der Waals surface area contributed by atoms with E-state index in [1.807, 2.05) is 0 Å². The highest BCUT2D eigenvalue weighted by atomic mass is 16.6. The molecule has 0 aliphatic rings. The molecular formula is C72H128O6. The number of carbonyl (C=O) groups is 3. The number of hydrogen-bond donors (Lipinski definition) is 0. The van der Waals surface area contributed by atoms with Gasteiger partial charge in [-0.25, -0.2) is 0 Å². The maximum Gasteiger partial charge on any atom is 0.306 e. The summed E-state index contributed by atoms with van der Waals surface area (Å²) in [5.41, 5.74) is 0. The Bertz CT molecular complexity index is 1440. The first kappa shape index (κ1) is 74.8. The van der Waals surface area contributed by atoms with Crippen molar-refractivity contribution in [3.05, 3.63) is 72.9 Å². The van der Waals surface area contributed by atoms with Gasteiger partial charge >= 0.3 is 17.9 Å². The minimum atomic E-state index is -0.797. The number of unbranched alkanes of at least 4 members (excludes halogenated alkanes) is 39. The van der Waals surface area contributed by atoms with Crippen molar-refractivity contribution < 1.29 is 28.6 Å². The highest BCUT2D eigenvalue weighted by molar-refractivity contribution is 5.71. The first-order chi connectivity index (χ1) is 38.5. The van der Waals surface area contributed by atoms with Crippen molar-refractivity contribution in [2.24, 2.45) is 0 Å². The van der Waals surface area contributed by atoms with Gasteiger partial charge in [-0.2, -0.15) is 0 Å². The number of ether oxygens (including phenoxy) is 3. The lowest BCUT2D eigenvalue weighted by atomic mass is 10.0. The number of esters is 3. The number of carbonyl (C=O) groups excluding carboxylic acids is 3. The Hall–Kier alpha value is -3.15. The second kappa shape index (κ2) is 66.4. The second-order valence-corrected chi connectivity index (χ2v) is 22.7. The summed E-state index contributed by atoms with van der Waals surface area (Å²) in [6.07, 6.45) is 86.5. The molecule has 0 N–H and O–H groups in total. The summed E-state index contributed by atoms with van der Waals surface area (Å²) in [4.78, 5) is 38.3. The third-order valence-electron chi connectivity index (χ3n) is 14.9. The molecule has 0 amide bonds. The highest BCUT2D eigenvalue weighted by Gasteiger charge is 2.19. The average Bonchev–Trinajstić information content (AvgIpc) is 3.44. The molecule has 452 valence electrons. The fourth-order valence-electron chi connectivity index (χ4n) is 9.88. The Morgan fingerprint density at radius 2 is 0.500 bits per heavy atom. The Morgan fingerprint density at radius 3 is 0.821 bits per heavy atom. The smallest absolute Gasteiger partial charge is 0.306 e. The van der Waals surface area contributed by atoms with Crippen LogP contribution in [0.1, 0.15) is 348 Å². The second-order valence-electron chi connectivity index (χ2n) is 22.7. The summed E-state index contributed by atoms with van der Waals surface area (Å²) in [5, 5.41) is 0. The topological polar surface area (TPSA) is 78.9 Å². The largest absolute Gasteiger partial charge is 0.462 e. The van der Waals surface area contributed by atoms with Gasteiger partial charge in [-0.05, 0) is 89.9 Å². The highest BCUT2D eigenvalue weighted by Crippen LogP contribution is 2.18. The van der Waals surface area contributed by atoms with Crippen LogP contribution in [-0.2, 0) is 28.6 Å². The van der Waals surface area contributed by atoms with Gasteiger partial charge in [-0.15, -0.1) is 0 Å². The van der Waals surface area contributed by atoms with Crippen molar-refractivity contribution in [1.29, 1.82) is 0 Å². The van der Waals surface area contributed by atoms with Crippen LogP contribution in [0.5, 0.6) is 0 Å². The molecule has 6 nitrogen and oxygen atoms in total. The SMILES string of the molecule is CC/C=C\C/C=C\C/C=C\C/C=C\CCCCC(=O)OCC(COC(=O)CCCCCCCCCCCCCCCCCCCCCCCCCCCCC)OC(=O)CCCCCCCCC/C=C\C/C=C\CCCCCC. The van der Waals surface area contributed by atoms with E-state index in [0.717, 1.165) is 96.3 Å². The van der Waals surface area contributed by atoms with Crippen LogP contribution in [0.3, 0.4) is 0 Å². The van der Waals surface area contributed by atoms with E-state index in [1.54, 1.807) is 0 Å². The maximum absolute atomic E-state index is 12.9. The zero-order valence-electron chi connectivity index (χ0n) is 51.9. The molecule has 0 heterocycles. The van der Waals surface area contributed by atoms with Crippen LogP contribution in [0.25, 0.3) is 0 Å². The van der Waals surface area contributed by atoms with Gasteiger partial charge < -0.3 is 14.2 Å². The van der Waals surface area contributed by atoms with Crippen LogP contribution in [-0.4, -0.2) is 37.2 Å². The molecule has 0 fully saturated rings. The standard InChI is InChI=1S/C72H128O6/c1-4-7-10-13-16-19-22-25-28-30-32-33-34-35-36-37-38-39-40-42-44-47-50-53-56-59-62-65-71(74)77-68-69(67-76-70(73)64-61-58-55-52-49-46-43-27-24-21-18-15-12-9-6-3)78-72(75)66-63-60-57-54-51-48-45-41-31-29-26-23-20-17-14-11-8-5-2/h9,12,18,20-21,23,27,29,31,43,49,52,69H,4-8,10-11,13-17,19,22,24-26,28,30,32-42,44-48,50-51,53-68H2,1-3H3/b12-9-,21-18-,23-20-,31-29-,43-27-,52-49-. The predicted molar refractivity (Wildman–Crippen MR) is 339 cm³/mol. The molecule has 0 bridgehead atoms. The summed E-state index contributed by atoms with van der Waals surface area (Å²) >= 11 is 0. The number of hydrogen-bond acceptors (Lipinski definition) is 6. The van der Waals surface area contributed by atoms with Crippen LogP contribution in [0.4, 0.5) is 0 Å². The van der Waals surface area contributed by atoms with E-state index in [9.17, 15) is 14.4 Å². The zero-order chi connectivity index (χ0) is 56.4. The molecule has 0 saturated heterocycles. The third kappa shape index (κ3) is 63.7. The van der Waals surface area contributed by atoms with E-state index in [2.05, 4.69) is 93.7 Å². The first-order valence-corrected chi connectivity index (χ1v) is 33.9. The molecule has 0 aromatic heterocycles. The van der Waals surface area contributed by atoms with E-state index >= 15 is 0 Å². The van der Waals surface area contributed by atoms with Crippen molar-refractivity contribution in [1.82, 2.24) is 0 Å². The fraction of sp³-hybridized carbons (Fsp3) is 0.792. The van der Waals surface area contributed by atoms with Crippen LogP contribution in [0.15, 0.2) is 72.9 Å². The lowest BCUT2D eigenvalue weighted by Crippen LogP contribution is -2.30. The summed E-state index contributed by atoms with van der Waals surface area (Å²) in [6, 6.07) is 0. The van der Waals surface area contributed by atoms with E-state index in [1.165, 1.54) is 212 Å². The lowest BCUT2D eigenvalue weighted by molar-refractivity contribution is -0.167. The fourth-order valence-corrected chi connectivity index (χ4v) is 9.88. The molecule has 0 aromatic rings. The van der Waals surface area contributed by atoms with Gasteiger partial charge in [0, 0.05) is 19.3 Å². The Balaban J connectivity index is 4.29. The summed E-state index contributed by atoms with van der Waals surface area (Å²) in [7, 11) is 0. The number of allylic oxidation sites excluding steroid dienone is 12. The molecular weight excluding hydrogens is 961 g/mol.